The van der Waals surface area contributed by atoms with E-state index in [4.69, 9.17) is 46.0 Å². The molecule has 8 nitrogen and oxygen atoms in total. The van der Waals surface area contributed by atoms with Crippen molar-refractivity contribution in [2.75, 3.05) is 11.9 Å². The third kappa shape index (κ3) is 5.76. The minimum absolute atomic E-state index is 0.0175. The number of carbonyl (C=O) groups is 2. The highest BCUT2D eigenvalue weighted by Crippen LogP contribution is 2.31. The molecule has 0 aliphatic rings. The third-order valence-corrected chi connectivity index (χ3v) is 4.93. The molecule has 0 saturated carbocycles. The Kier molecular flexibility index (Phi) is 7.82. The standard InChI is InChI=1S/C22H18Cl3N5O3/c1-4-8-33-18-11-17(30(29-18)20-15(24)6-5-7-26-20)22(32)28-19-14(21(31)27-12(2)3)9-13(23)10-16(19)25/h1,5-7,9-12H,8H2,2-3H3,(H,27,31)(H,28,32). The van der Waals surface area contributed by atoms with Crippen LogP contribution in [0.5, 0.6) is 5.88 Å². The van der Waals surface area contributed by atoms with E-state index in [0.29, 0.717) is 0 Å². The van der Waals surface area contributed by atoms with E-state index in [2.05, 4.69) is 26.6 Å². The molecule has 0 bridgehead atoms. The molecular weight excluding hydrogens is 489 g/mol. The van der Waals surface area contributed by atoms with Crippen LogP contribution >= 0.6 is 34.8 Å². The maximum atomic E-state index is 13.3. The minimum atomic E-state index is -0.650. The van der Waals surface area contributed by atoms with Crippen molar-refractivity contribution >= 4 is 52.3 Å². The van der Waals surface area contributed by atoms with Crippen molar-refractivity contribution < 1.29 is 14.3 Å². The van der Waals surface area contributed by atoms with E-state index < -0.39 is 11.8 Å². The van der Waals surface area contributed by atoms with Gasteiger partial charge in [0.1, 0.15) is 5.69 Å². The fraction of sp³-hybridized carbons (Fsp3) is 0.182. The van der Waals surface area contributed by atoms with Crippen molar-refractivity contribution in [3.05, 3.63) is 62.9 Å². The van der Waals surface area contributed by atoms with Gasteiger partial charge in [0.2, 0.25) is 5.88 Å². The molecule has 0 fully saturated rings. The summed E-state index contributed by atoms with van der Waals surface area (Å²) in [7, 11) is 0. The van der Waals surface area contributed by atoms with Gasteiger partial charge in [0.15, 0.2) is 12.4 Å². The Morgan fingerprint density at radius 3 is 2.61 bits per heavy atom. The summed E-state index contributed by atoms with van der Waals surface area (Å²) in [5.41, 5.74) is 0.194. The van der Waals surface area contributed by atoms with Gasteiger partial charge >= 0.3 is 0 Å². The van der Waals surface area contributed by atoms with Crippen LogP contribution in [0.4, 0.5) is 5.69 Å². The molecule has 0 aliphatic heterocycles. The molecule has 2 N–H and O–H groups in total. The number of pyridine rings is 1. The fourth-order valence-corrected chi connectivity index (χ4v) is 3.54. The highest BCUT2D eigenvalue weighted by molar-refractivity contribution is 6.38. The van der Waals surface area contributed by atoms with Crippen molar-refractivity contribution in [3.63, 3.8) is 0 Å². The maximum Gasteiger partial charge on any atom is 0.274 e. The van der Waals surface area contributed by atoms with Gasteiger partial charge < -0.3 is 15.4 Å². The van der Waals surface area contributed by atoms with Crippen LogP contribution in [0.25, 0.3) is 5.82 Å². The van der Waals surface area contributed by atoms with Gasteiger partial charge in [-0.15, -0.1) is 11.5 Å². The van der Waals surface area contributed by atoms with Gasteiger partial charge in [0.25, 0.3) is 11.8 Å². The Labute approximate surface area is 205 Å². The number of anilines is 1. The predicted molar refractivity (Wildman–Crippen MR) is 128 cm³/mol. The second-order valence-electron chi connectivity index (χ2n) is 6.97. The highest BCUT2D eigenvalue weighted by Gasteiger charge is 2.24. The lowest BCUT2D eigenvalue weighted by Crippen LogP contribution is -2.31. The Morgan fingerprint density at radius 2 is 1.94 bits per heavy atom. The van der Waals surface area contributed by atoms with Gasteiger partial charge in [0.05, 0.1) is 21.3 Å². The zero-order valence-corrected chi connectivity index (χ0v) is 19.8. The van der Waals surface area contributed by atoms with Crippen LogP contribution in [0.15, 0.2) is 36.5 Å². The molecule has 2 aromatic heterocycles. The summed E-state index contributed by atoms with van der Waals surface area (Å²) in [6.07, 6.45) is 6.74. The normalized spacial score (nSPS) is 10.6. The topological polar surface area (TPSA) is 98.1 Å². The molecule has 0 unspecified atom stereocenters. The van der Waals surface area contributed by atoms with Gasteiger partial charge in [-0.05, 0) is 38.1 Å². The smallest absolute Gasteiger partial charge is 0.274 e. The monoisotopic (exact) mass is 505 g/mol. The lowest BCUT2D eigenvalue weighted by atomic mass is 10.1. The predicted octanol–water partition coefficient (Wildman–Crippen LogP) is 4.63. The minimum Gasteiger partial charge on any atom is -0.463 e. The highest BCUT2D eigenvalue weighted by atomic mass is 35.5. The third-order valence-electron chi connectivity index (χ3n) is 4.12. The Balaban J connectivity index is 2.05. The van der Waals surface area contributed by atoms with Crippen LogP contribution < -0.4 is 15.4 Å². The summed E-state index contributed by atoms with van der Waals surface area (Å²) < 4.78 is 6.57. The van der Waals surface area contributed by atoms with Gasteiger partial charge in [-0.1, -0.05) is 40.7 Å². The molecule has 1 aromatic carbocycles. The second kappa shape index (κ2) is 10.6. The van der Waals surface area contributed by atoms with Crippen LogP contribution in [-0.4, -0.2) is 39.2 Å². The van der Waals surface area contributed by atoms with Gasteiger partial charge in [-0.2, -0.15) is 0 Å². The van der Waals surface area contributed by atoms with E-state index in [1.165, 1.54) is 29.1 Å². The number of terminal acetylenes is 1. The van der Waals surface area contributed by atoms with E-state index in [1.54, 1.807) is 26.0 Å². The summed E-state index contributed by atoms with van der Waals surface area (Å²) >= 11 is 18.7. The lowest BCUT2D eigenvalue weighted by Gasteiger charge is -2.15. The molecule has 0 aliphatic carbocycles. The number of hydrogen-bond acceptors (Lipinski definition) is 5. The molecule has 3 aromatic rings. The molecule has 2 amide bonds. The largest absolute Gasteiger partial charge is 0.463 e. The lowest BCUT2D eigenvalue weighted by molar-refractivity contribution is 0.0944. The number of hydrogen-bond donors (Lipinski definition) is 2. The molecule has 0 atom stereocenters. The maximum absolute atomic E-state index is 13.3. The first-order valence-corrected chi connectivity index (χ1v) is 10.7. The Hall–Kier alpha value is -3.25. The van der Waals surface area contributed by atoms with Crippen LogP contribution in [0.2, 0.25) is 15.1 Å². The van der Waals surface area contributed by atoms with E-state index >= 15 is 0 Å². The van der Waals surface area contributed by atoms with Gasteiger partial charge in [-0.25, -0.2) is 9.67 Å². The summed E-state index contributed by atoms with van der Waals surface area (Å²) in [5, 5.41) is 10.2. The van der Waals surface area contributed by atoms with E-state index in [1.807, 2.05) is 0 Å². The molecular formula is C22H18Cl3N5O3. The molecule has 0 radical (unpaired) electrons. The van der Waals surface area contributed by atoms with Crippen molar-refractivity contribution in [2.45, 2.75) is 19.9 Å². The number of aromatic nitrogens is 3. The van der Waals surface area contributed by atoms with Gasteiger partial charge in [0, 0.05) is 23.3 Å². The molecule has 3 rings (SSSR count). The first-order chi connectivity index (χ1) is 15.7. The van der Waals surface area contributed by atoms with Crippen molar-refractivity contribution in [3.8, 4) is 24.0 Å². The average Bonchev–Trinajstić information content (AvgIpc) is 3.17. The zero-order chi connectivity index (χ0) is 24.1. The number of nitrogens with zero attached hydrogens (tertiary/aromatic N) is 3. The second-order valence-corrected chi connectivity index (χ2v) is 8.22. The van der Waals surface area contributed by atoms with Crippen molar-refractivity contribution in [2.24, 2.45) is 0 Å². The van der Waals surface area contributed by atoms with Crippen molar-refractivity contribution in [1.82, 2.24) is 20.1 Å². The van der Waals surface area contributed by atoms with Crippen LogP contribution in [0.3, 0.4) is 0 Å². The van der Waals surface area contributed by atoms with E-state index in [0.717, 1.165) is 0 Å². The molecule has 33 heavy (non-hydrogen) atoms. The Morgan fingerprint density at radius 1 is 1.18 bits per heavy atom. The average molecular weight is 507 g/mol. The summed E-state index contributed by atoms with van der Waals surface area (Å²) in [4.78, 5) is 30.2. The molecule has 0 spiro atoms. The number of amides is 2. The quantitative estimate of drug-likeness (QED) is 0.455. The SMILES string of the molecule is C#CCOc1cc(C(=O)Nc2c(Cl)cc(Cl)cc2C(=O)NC(C)C)n(-c2ncccc2Cl)n1. The van der Waals surface area contributed by atoms with Crippen molar-refractivity contribution in [1.29, 1.82) is 0 Å². The molecule has 11 heteroatoms. The number of carbonyl (C=O) groups excluding carboxylic acids is 2. The number of benzene rings is 1. The summed E-state index contributed by atoms with van der Waals surface area (Å²) in [6.45, 7) is 3.54. The van der Waals surface area contributed by atoms with Crippen LogP contribution in [0, 0.1) is 12.3 Å². The van der Waals surface area contributed by atoms with Gasteiger partial charge in [-0.3, -0.25) is 9.59 Å². The number of rotatable bonds is 7. The van der Waals surface area contributed by atoms with E-state index in [9.17, 15) is 9.59 Å². The zero-order valence-electron chi connectivity index (χ0n) is 17.5. The number of ether oxygens (including phenoxy) is 1. The molecule has 2 heterocycles. The van der Waals surface area contributed by atoms with Crippen LogP contribution in [0.1, 0.15) is 34.7 Å². The summed E-state index contributed by atoms with van der Waals surface area (Å²) in [5.74, 6) is 1.50. The first-order valence-electron chi connectivity index (χ1n) is 9.59. The number of nitrogens with one attached hydrogen (secondary N) is 2. The molecule has 170 valence electrons. The first kappa shape index (κ1) is 24.4. The van der Waals surface area contributed by atoms with E-state index in [-0.39, 0.29) is 56.4 Å². The molecule has 0 saturated heterocycles. The summed E-state index contributed by atoms with van der Waals surface area (Å²) in [6, 6.07) is 7.28. The number of halogens is 3. The Bertz CT molecular complexity index is 1250. The van der Waals surface area contributed by atoms with Crippen LogP contribution in [-0.2, 0) is 0 Å². The fourth-order valence-electron chi connectivity index (χ4n) is 2.80.